The van der Waals surface area contributed by atoms with Crippen molar-refractivity contribution in [3.05, 3.63) is 33.8 Å². The molecule has 0 spiro atoms. The van der Waals surface area contributed by atoms with Gasteiger partial charge in [-0.2, -0.15) is 0 Å². The Morgan fingerprint density at radius 2 is 2.13 bits per heavy atom. The topological polar surface area (TPSA) is 37.3 Å². The van der Waals surface area contributed by atoms with Crippen LogP contribution in [0.5, 0.6) is 0 Å². The normalized spacial score (nSPS) is 14.7. The smallest absolute Gasteiger partial charge is 0.151 e. The minimum Gasteiger partial charge on any atom is -0.382 e. The van der Waals surface area contributed by atoms with E-state index in [0.717, 1.165) is 6.07 Å². The number of carbonyl (C=O) groups is 1. The minimum atomic E-state index is -1.76. The van der Waals surface area contributed by atoms with Gasteiger partial charge in [0, 0.05) is 12.0 Å². The monoisotopic (exact) mass is 278 g/mol. The van der Waals surface area contributed by atoms with Crippen LogP contribution in [0.3, 0.4) is 0 Å². The summed E-state index contributed by atoms with van der Waals surface area (Å²) in [5.74, 6) is -1.57. The van der Waals surface area contributed by atoms with Crippen LogP contribution in [0.1, 0.15) is 12.5 Å². The number of aliphatic hydroxyl groups is 1. The molecular weight excluding hydrogens is 270 g/mol. The van der Waals surface area contributed by atoms with Gasteiger partial charge in [-0.1, -0.05) is 0 Å². The lowest BCUT2D eigenvalue weighted by atomic mass is 9.97. The quantitative estimate of drug-likeness (QED) is 0.680. The largest absolute Gasteiger partial charge is 0.382 e. The van der Waals surface area contributed by atoms with Crippen molar-refractivity contribution in [3.8, 4) is 0 Å². The number of halogens is 3. The second-order valence-corrected chi connectivity index (χ2v) is 4.33. The van der Waals surface area contributed by atoms with Crippen molar-refractivity contribution >= 4 is 22.2 Å². The van der Waals surface area contributed by atoms with Crippen LogP contribution in [0.4, 0.5) is 8.78 Å². The number of carbonyl (C=O) groups excluding carboxylic acids is 1. The van der Waals surface area contributed by atoms with Gasteiger partial charge < -0.3 is 9.90 Å². The van der Waals surface area contributed by atoms with Crippen molar-refractivity contribution in [2.24, 2.45) is 0 Å². The van der Waals surface area contributed by atoms with E-state index in [-0.39, 0.29) is 16.3 Å². The molecule has 0 aliphatic carbocycles. The van der Waals surface area contributed by atoms with E-state index in [4.69, 9.17) is 0 Å². The molecule has 1 N–H and O–H groups in total. The van der Waals surface area contributed by atoms with Gasteiger partial charge in [-0.25, -0.2) is 8.78 Å². The molecule has 0 aromatic heterocycles. The molecule has 0 amide bonds. The highest BCUT2D eigenvalue weighted by Gasteiger charge is 2.24. The molecular formula is C10H9BrF2O2. The first-order chi connectivity index (χ1) is 6.87. The maximum atomic E-state index is 13.4. The van der Waals surface area contributed by atoms with Gasteiger partial charge in [0.15, 0.2) is 6.29 Å². The SMILES string of the molecule is CC(O)(C=O)Cc1c(F)ccc(Br)c1F. The zero-order valence-electron chi connectivity index (χ0n) is 7.93. The fraction of sp³-hybridized carbons (Fsp3) is 0.300. The summed E-state index contributed by atoms with van der Waals surface area (Å²) < 4.78 is 26.7. The van der Waals surface area contributed by atoms with Crippen molar-refractivity contribution < 1.29 is 18.7 Å². The second-order valence-electron chi connectivity index (χ2n) is 3.47. The van der Waals surface area contributed by atoms with Gasteiger partial charge in [-0.05, 0) is 35.0 Å². The molecule has 1 unspecified atom stereocenters. The lowest BCUT2D eigenvalue weighted by molar-refractivity contribution is -0.122. The third-order valence-electron chi connectivity index (χ3n) is 1.93. The average Bonchev–Trinajstić information content (AvgIpc) is 2.19. The standard InChI is InChI=1S/C10H9BrF2O2/c1-10(15,5-14)4-6-8(12)3-2-7(11)9(6)13/h2-3,5,15H,4H2,1H3. The average molecular weight is 279 g/mol. The molecule has 1 atom stereocenters. The molecule has 82 valence electrons. The van der Waals surface area contributed by atoms with E-state index in [1.807, 2.05) is 0 Å². The van der Waals surface area contributed by atoms with Crippen LogP contribution < -0.4 is 0 Å². The molecule has 0 saturated carbocycles. The first kappa shape index (κ1) is 12.3. The summed E-state index contributed by atoms with van der Waals surface area (Å²) in [7, 11) is 0. The van der Waals surface area contributed by atoms with E-state index < -0.39 is 23.7 Å². The fourth-order valence-electron chi connectivity index (χ4n) is 1.13. The number of hydrogen-bond acceptors (Lipinski definition) is 2. The maximum Gasteiger partial charge on any atom is 0.151 e. The van der Waals surface area contributed by atoms with Crippen molar-refractivity contribution in [2.45, 2.75) is 18.9 Å². The van der Waals surface area contributed by atoms with E-state index in [1.165, 1.54) is 13.0 Å². The van der Waals surface area contributed by atoms with Gasteiger partial charge in [0.1, 0.15) is 17.2 Å². The van der Waals surface area contributed by atoms with Crippen LogP contribution in [-0.2, 0) is 11.2 Å². The highest BCUT2D eigenvalue weighted by molar-refractivity contribution is 9.10. The first-order valence-electron chi connectivity index (χ1n) is 4.18. The summed E-state index contributed by atoms with van der Waals surface area (Å²) in [6.45, 7) is 1.19. The molecule has 0 radical (unpaired) electrons. The summed E-state index contributed by atoms with van der Waals surface area (Å²) in [4.78, 5) is 10.4. The third kappa shape index (κ3) is 2.82. The summed E-state index contributed by atoms with van der Waals surface area (Å²) in [5, 5.41) is 9.40. The third-order valence-corrected chi connectivity index (χ3v) is 2.54. The number of hydrogen-bond donors (Lipinski definition) is 1. The Bertz CT molecular complexity index is 391. The Labute approximate surface area is 94.0 Å². The van der Waals surface area contributed by atoms with Gasteiger partial charge in [0.05, 0.1) is 4.47 Å². The van der Waals surface area contributed by atoms with Gasteiger partial charge in [0.2, 0.25) is 0 Å². The maximum absolute atomic E-state index is 13.4. The zero-order chi connectivity index (χ0) is 11.6. The van der Waals surface area contributed by atoms with Crippen molar-refractivity contribution in [2.75, 3.05) is 0 Å². The van der Waals surface area contributed by atoms with E-state index >= 15 is 0 Å². The van der Waals surface area contributed by atoms with Crippen LogP contribution in [0.15, 0.2) is 16.6 Å². The molecule has 5 heteroatoms. The second kappa shape index (κ2) is 4.37. The molecule has 2 nitrogen and oxygen atoms in total. The molecule has 0 heterocycles. The molecule has 1 aromatic rings. The van der Waals surface area contributed by atoms with Crippen LogP contribution in [-0.4, -0.2) is 17.0 Å². The highest BCUT2D eigenvalue weighted by atomic mass is 79.9. The predicted octanol–water partition coefficient (Wildman–Crippen LogP) is 2.22. The summed E-state index contributed by atoms with van der Waals surface area (Å²) in [6, 6.07) is 2.30. The van der Waals surface area contributed by atoms with Gasteiger partial charge in [-0.15, -0.1) is 0 Å². The first-order valence-corrected chi connectivity index (χ1v) is 4.98. The summed E-state index contributed by atoms with van der Waals surface area (Å²) in [6.07, 6.45) is -0.139. The lowest BCUT2D eigenvalue weighted by Crippen LogP contribution is -2.29. The molecule has 0 saturated heterocycles. The number of rotatable bonds is 3. The molecule has 1 rings (SSSR count). The molecule has 0 aliphatic heterocycles. The molecule has 0 aliphatic rings. The Morgan fingerprint density at radius 3 is 2.67 bits per heavy atom. The number of aldehydes is 1. The predicted molar refractivity (Wildman–Crippen MR) is 54.4 cm³/mol. The van der Waals surface area contributed by atoms with Gasteiger partial charge >= 0.3 is 0 Å². The van der Waals surface area contributed by atoms with Gasteiger partial charge in [0.25, 0.3) is 0 Å². The van der Waals surface area contributed by atoms with Crippen molar-refractivity contribution in [1.29, 1.82) is 0 Å². The number of benzene rings is 1. The van der Waals surface area contributed by atoms with E-state index in [2.05, 4.69) is 15.9 Å². The Hall–Kier alpha value is -0.810. The lowest BCUT2D eigenvalue weighted by Gasteiger charge is -2.16. The van der Waals surface area contributed by atoms with Crippen LogP contribution >= 0.6 is 15.9 Å². The molecule has 15 heavy (non-hydrogen) atoms. The fourth-order valence-corrected chi connectivity index (χ4v) is 1.50. The Morgan fingerprint density at radius 1 is 1.53 bits per heavy atom. The van der Waals surface area contributed by atoms with Crippen LogP contribution in [0.25, 0.3) is 0 Å². The summed E-state index contributed by atoms with van der Waals surface area (Å²) >= 11 is 2.90. The minimum absolute atomic E-state index is 0.0978. The van der Waals surface area contributed by atoms with E-state index in [9.17, 15) is 18.7 Å². The van der Waals surface area contributed by atoms with E-state index in [0.29, 0.717) is 0 Å². The van der Waals surface area contributed by atoms with Crippen LogP contribution in [0.2, 0.25) is 0 Å². The van der Waals surface area contributed by atoms with Crippen molar-refractivity contribution in [1.82, 2.24) is 0 Å². The molecule has 0 fully saturated rings. The highest BCUT2D eigenvalue weighted by Crippen LogP contribution is 2.24. The van der Waals surface area contributed by atoms with Crippen LogP contribution in [0, 0.1) is 11.6 Å². The van der Waals surface area contributed by atoms with E-state index in [1.54, 1.807) is 0 Å². The Kier molecular flexibility index (Phi) is 3.57. The molecule has 1 aromatic carbocycles. The van der Waals surface area contributed by atoms with Gasteiger partial charge in [-0.3, -0.25) is 0 Å². The summed E-state index contributed by atoms with van der Waals surface area (Å²) in [5.41, 5.74) is -2.07. The zero-order valence-corrected chi connectivity index (χ0v) is 9.51. The van der Waals surface area contributed by atoms with Crippen molar-refractivity contribution in [3.63, 3.8) is 0 Å². The molecule has 0 bridgehead atoms. The Balaban J connectivity index is 3.14.